The number of non-ortho nitro benzene ring substituents is 1. The summed E-state index contributed by atoms with van der Waals surface area (Å²) in [5.74, 6) is 0.568. The van der Waals surface area contributed by atoms with Crippen molar-refractivity contribution in [2.24, 2.45) is 0 Å². The van der Waals surface area contributed by atoms with E-state index in [-0.39, 0.29) is 18.3 Å². The van der Waals surface area contributed by atoms with Crippen LogP contribution in [0, 0.1) is 17.0 Å². The number of urea groups is 1. The van der Waals surface area contributed by atoms with E-state index in [0.717, 1.165) is 11.1 Å². The van der Waals surface area contributed by atoms with Crippen molar-refractivity contribution in [3.05, 3.63) is 45.6 Å². The first-order valence-corrected chi connectivity index (χ1v) is 8.35. The van der Waals surface area contributed by atoms with Crippen molar-refractivity contribution in [1.82, 2.24) is 9.97 Å². The van der Waals surface area contributed by atoms with Crippen LogP contribution in [0.15, 0.2) is 29.6 Å². The first kappa shape index (κ1) is 16.2. The minimum Gasteiger partial charge on any atom is -0.289 e. The largest absolute Gasteiger partial charge is 0.330 e. The number of benzene rings is 1. The highest BCUT2D eigenvalue weighted by molar-refractivity contribution is 7.98. The predicted molar refractivity (Wildman–Crippen MR) is 91.6 cm³/mol. The number of nitrogens with zero attached hydrogens (tertiary/aromatic N) is 5. The zero-order chi connectivity index (χ0) is 17.4. The minimum absolute atomic E-state index is 0.0502. The molecule has 8 nitrogen and oxygen atoms in total. The quantitative estimate of drug-likeness (QED) is 0.367. The third-order valence-corrected chi connectivity index (χ3v) is 4.42. The molecule has 3 rings (SSSR count). The van der Waals surface area contributed by atoms with Crippen molar-refractivity contribution >= 4 is 35.0 Å². The van der Waals surface area contributed by atoms with Crippen LogP contribution in [0.5, 0.6) is 0 Å². The van der Waals surface area contributed by atoms with Gasteiger partial charge < -0.3 is 0 Å². The molecule has 9 heteroatoms. The van der Waals surface area contributed by atoms with E-state index >= 15 is 0 Å². The van der Waals surface area contributed by atoms with Gasteiger partial charge in [0.05, 0.1) is 17.2 Å². The average Bonchev–Trinajstić information content (AvgIpc) is 2.58. The van der Waals surface area contributed by atoms with E-state index in [0.29, 0.717) is 16.7 Å². The van der Waals surface area contributed by atoms with Crippen LogP contribution in [0.25, 0.3) is 0 Å². The summed E-state index contributed by atoms with van der Waals surface area (Å²) in [6, 6.07) is 4.21. The molecule has 1 aliphatic rings. The van der Waals surface area contributed by atoms with E-state index in [4.69, 9.17) is 0 Å². The second kappa shape index (κ2) is 6.08. The highest BCUT2D eigenvalue weighted by Crippen LogP contribution is 2.33. The summed E-state index contributed by atoms with van der Waals surface area (Å²) in [5, 5.41) is 11.6. The fourth-order valence-corrected chi connectivity index (χ4v) is 2.92. The molecule has 0 spiro atoms. The SMILES string of the molecule is CSc1ncc2c(n1)N(C)C(=O)N(c1cc([N+](=O)[O-])ccc1C)C2. The zero-order valence-corrected chi connectivity index (χ0v) is 14.2. The van der Waals surface area contributed by atoms with Gasteiger partial charge in [-0.3, -0.25) is 19.9 Å². The molecule has 0 unspecified atom stereocenters. The van der Waals surface area contributed by atoms with Gasteiger partial charge in [0.25, 0.3) is 5.69 Å². The van der Waals surface area contributed by atoms with Gasteiger partial charge in [-0.2, -0.15) is 0 Å². The lowest BCUT2D eigenvalue weighted by Gasteiger charge is -2.34. The van der Waals surface area contributed by atoms with Crippen LogP contribution in [-0.4, -0.2) is 34.2 Å². The second-order valence-electron chi connectivity index (χ2n) is 5.36. The van der Waals surface area contributed by atoms with Crippen LogP contribution in [0.3, 0.4) is 0 Å². The first-order valence-electron chi connectivity index (χ1n) is 7.12. The van der Waals surface area contributed by atoms with Crippen LogP contribution in [-0.2, 0) is 6.54 Å². The molecule has 0 aliphatic carbocycles. The summed E-state index contributed by atoms with van der Waals surface area (Å²) in [6.07, 6.45) is 3.56. The molecule has 0 bridgehead atoms. The minimum atomic E-state index is -0.469. The number of fused-ring (bicyclic) bond motifs is 1. The number of rotatable bonds is 3. The van der Waals surface area contributed by atoms with Crippen LogP contribution < -0.4 is 9.80 Å². The molecular weight excluding hydrogens is 330 g/mol. The summed E-state index contributed by atoms with van der Waals surface area (Å²) in [7, 11) is 1.64. The summed E-state index contributed by atoms with van der Waals surface area (Å²) in [4.78, 5) is 34.9. The highest BCUT2D eigenvalue weighted by Gasteiger charge is 2.32. The Morgan fingerprint density at radius 1 is 1.38 bits per heavy atom. The monoisotopic (exact) mass is 345 g/mol. The summed E-state index contributed by atoms with van der Waals surface area (Å²) < 4.78 is 0. The number of anilines is 2. The van der Waals surface area contributed by atoms with Gasteiger partial charge >= 0.3 is 6.03 Å². The van der Waals surface area contributed by atoms with E-state index in [9.17, 15) is 14.9 Å². The van der Waals surface area contributed by atoms with E-state index in [1.165, 1.54) is 33.7 Å². The second-order valence-corrected chi connectivity index (χ2v) is 6.13. The molecule has 0 atom stereocenters. The van der Waals surface area contributed by atoms with Crippen LogP contribution in [0.1, 0.15) is 11.1 Å². The Kier molecular flexibility index (Phi) is 4.10. The molecular formula is C15H15N5O3S. The maximum Gasteiger partial charge on any atom is 0.330 e. The van der Waals surface area contributed by atoms with Crippen molar-refractivity contribution in [3.8, 4) is 0 Å². The number of aromatic nitrogens is 2. The first-order chi connectivity index (χ1) is 11.4. The lowest BCUT2D eigenvalue weighted by molar-refractivity contribution is -0.384. The third-order valence-electron chi connectivity index (χ3n) is 3.86. The molecule has 0 saturated carbocycles. The molecule has 0 radical (unpaired) electrons. The van der Waals surface area contributed by atoms with E-state index in [1.807, 2.05) is 13.2 Å². The lowest BCUT2D eigenvalue weighted by Crippen LogP contribution is -2.46. The van der Waals surface area contributed by atoms with E-state index < -0.39 is 4.92 Å². The molecule has 24 heavy (non-hydrogen) atoms. The van der Waals surface area contributed by atoms with Gasteiger partial charge in [-0.25, -0.2) is 14.8 Å². The summed E-state index contributed by atoms with van der Waals surface area (Å²) in [5.41, 5.74) is 2.04. The van der Waals surface area contributed by atoms with Gasteiger partial charge in [0.1, 0.15) is 5.82 Å². The average molecular weight is 345 g/mol. The molecule has 0 saturated heterocycles. The topological polar surface area (TPSA) is 92.5 Å². The maximum atomic E-state index is 12.7. The molecule has 2 amide bonds. The Bertz CT molecular complexity index is 842. The fraction of sp³-hybridized carbons (Fsp3) is 0.267. The smallest absolute Gasteiger partial charge is 0.289 e. The molecule has 2 heterocycles. The Morgan fingerprint density at radius 3 is 2.79 bits per heavy atom. The van der Waals surface area contributed by atoms with E-state index in [2.05, 4.69) is 9.97 Å². The van der Waals surface area contributed by atoms with Crippen molar-refractivity contribution in [3.63, 3.8) is 0 Å². The summed E-state index contributed by atoms with van der Waals surface area (Å²) >= 11 is 1.40. The number of nitro groups is 1. The van der Waals surface area contributed by atoms with Gasteiger partial charge in [-0.15, -0.1) is 0 Å². The number of nitro benzene ring substituents is 1. The lowest BCUT2D eigenvalue weighted by atomic mass is 10.1. The summed E-state index contributed by atoms with van der Waals surface area (Å²) in [6.45, 7) is 2.09. The number of aryl methyl sites for hydroxylation is 1. The normalized spacial score (nSPS) is 13.9. The van der Waals surface area contributed by atoms with Crippen LogP contribution in [0.2, 0.25) is 0 Å². The Labute approximate surface area is 142 Å². The zero-order valence-electron chi connectivity index (χ0n) is 13.4. The van der Waals surface area contributed by atoms with Gasteiger partial charge in [0.2, 0.25) is 0 Å². The Balaban J connectivity index is 2.06. The number of hydrogen-bond acceptors (Lipinski definition) is 6. The predicted octanol–water partition coefficient (Wildman–Crippen LogP) is 2.99. The molecule has 1 aliphatic heterocycles. The molecule has 0 fully saturated rings. The fourth-order valence-electron chi connectivity index (χ4n) is 2.58. The molecule has 1 aromatic carbocycles. The Hall–Kier alpha value is -2.68. The van der Waals surface area contributed by atoms with E-state index in [1.54, 1.807) is 19.3 Å². The number of amides is 2. The van der Waals surface area contributed by atoms with Crippen molar-refractivity contribution in [2.45, 2.75) is 18.6 Å². The number of carbonyl (C=O) groups is 1. The molecule has 2 aromatic rings. The van der Waals surface area contributed by atoms with Crippen molar-refractivity contribution < 1.29 is 9.72 Å². The molecule has 124 valence electrons. The van der Waals surface area contributed by atoms with Crippen LogP contribution >= 0.6 is 11.8 Å². The van der Waals surface area contributed by atoms with Gasteiger partial charge in [0.15, 0.2) is 5.16 Å². The maximum absolute atomic E-state index is 12.7. The standard InChI is InChI=1S/C15H15N5O3S/c1-9-4-5-11(20(22)23)6-12(9)19-8-10-7-16-14(24-3)17-13(10)18(2)15(19)21/h4-7H,8H2,1-3H3. The third kappa shape index (κ3) is 2.67. The van der Waals surface area contributed by atoms with Crippen molar-refractivity contribution in [1.29, 1.82) is 0 Å². The highest BCUT2D eigenvalue weighted by atomic mass is 32.2. The van der Waals surface area contributed by atoms with Gasteiger partial charge in [-0.1, -0.05) is 17.8 Å². The molecule has 1 aromatic heterocycles. The number of hydrogen-bond donors (Lipinski definition) is 0. The number of carbonyl (C=O) groups excluding carboxylic acids is 1. The Morgan fingerprint density at radius 2 is 2.12 bits per heavy atom. The van der Waals surface area contributed by atoms with Gasteiger partial charge in [0, 0.05) is 30.9 Å². The van der Waals surface area contributed by atoms with Crippen molar-refractivity contribution in [2.75, 3.05) is 23.1 Å². The van der Waals surface area contributed by atoms with Crippen LogP contribution in [0.4, 0.5) is 22.0 Å². The number of thioether (sulfide) groups is 1. The van der Waals surface area contributed by atoms with Gasteiger partial charge in [-0.05, 0) is 18.7 Å². The molecule has 0 N–H and O–H groups in total.